The van der Waals surface area contributed by atoms with Crippen LogP contribution in [0.1, 0.15) is 17.5 Å². The summed E-state index contributed by atoms with van der Waals surface area (Å²) < 4.78 is 0. The van der Waals surface area contributed by atoms with Crippen molar-refractivity contribution in [2.24, 2.45) is 0 Å². The van der Waals surface area contributed by atoms with Gasteiger partial charge in [-0.2, -0.15) is 0 Å². The number of aliphatic hydroxyl groups is 1. The van der Waals surface area contributed by atoms with Crippen molar-refractivity contribution < 1.29 is 24.6 Å². The maximum absolute atomic E-state index is 9.31. The molecule has 1 heterocycles. The minimum atomic E-state index is 0. The molecule has 0 bridgehead atoms. The molecule has 1 aromatic rings. The maximum atomic E-state index is 9.31. The molecule has 2 nitrogen and oxygen atoms in total. The summed E-state index contributed by atoms with van der Waals surface area (Å²) in [6.45, 7) is 0. The third kappa shape index (κ3) is 1.63. The Morgan fingerprint density at radius 3 is 3.08 bits per heavy atom. The molecule has 67 valence electrons. The van der Waals surface area contributed by atoms with Crippen molar-refractivity contribution in [1.82, 2.24) is 4.98 Å². The number of nitrogens with zero attached hydrogens (tertiary/aromatic N) is 1. The summed E-state index contributed by atoms with van der Waals surface area (Å²) in [6, 6.07) is 1.81. The number of pyridine rings is 1. The van der Waals surface area contributed by atoms with Crippen LogP contribution < -0.4 is 0 Å². The van der Waals surface area contributed by atoms with Gasteiger partial charge in [-0.15, -0.1) is 11.1 Å². The van der Waals surface area contributed by atoms with Crippen LogP contribution in [-0.2, 0) is 25.9 Å². The first-order valence-electron chi connectivity index (χ1n) is 3.47. The van der Waals surface area contributed by atoms with Gasteiger partial charge in [-0.05, 0) is 0 Å². The van der Waals surface area contributed by atoms with Gasteiger partial charge in [0.2, 0.25) is 0 Å². The normalized spacial score (nSPS) is 14.0. The summed E-state index contributed by atoms with van der Waals surface area (Å²) in [5.74, 6) is 0. The zero-order valence-corrected chi connectivity index (χ0v) is 8.57. The van der Waals surface area contributed by atoms with Crippen molar-refractivity contribution in [1.29, 1.82) is 0 Å². The molecule has 1 radical (unpaired) electrons. The fraction of sp³-hybridized carbons (Fsp3) is 0.250. The van der Waals surface area contributed by atoms with Gasteiger partial charge in [0.05, 0.1) is 0 Å². The fourth-order valence-electron chi connectivity index (χ4n) is 1.32. The Labute approximate surface area is 88.7 Å². The molecule has 4 heteroatoms. The van der Waals surface area contributed by atoms with Gasteiger partial charge < -0.3 is 10.1 Å². The summed E-state index contributed by atoms with van der Waals surface area (Å²) in [6.07, 6.45) is 3.66. The smallest absolute Gasteiger partial charge is 0.103 e. The SMILES string of the molecule is O[C-]1CCc2cc(Cl)ncc21.[Rh]. The Morgan fingerprint density at radius 1 is 1.58 bits per heavy atom. The minimum absolute atomic E-state index is 0. The molecule has 1 aliphatic carbocycles. The van der Waals surface area contributed by atoms with E-state index in [0.29, 0.717) is 11.3 Å². The largest absolute Gasteiger partial charge is 0.426 e. The zero-order valence-electron chi connectivity index (χ0n) is 6.17. The predicted octanol–water partition coefficient (Wildman–Crippen LogP) is 1.93. The van der Waals surface area contributed by atoms with Gasteiger partial charge in [-0.1, -0.05) is 42.8 Å². The predicted molar refractivity (Wildman–Crippen MR) is 41.8 cm³/mol. The van der Waals surface area contributed by atoms with Gasteiger partial charge in [0.1, 0.15) is 5.15 Å². The van der Waals surface area contributed by atoms with Crippen LogP contribution in [0.25, 0.3) is 0 Å². The van der Waals surface area contributed by atoms with E-state index in [-0.39, 0.29) is 19.5 Å². The van der Waals surface area contributed by atoms with Crippen LogP contribution in [-0.4, -0.2) is 10.1 Å². The van der Waals surface area contributed by atoms with Crippen molar-refractivity contribution in [3.63, 3.8) is 0 Å². The Hall–Kier alpha value is -0.107. The maximum Gasteiger partial charge on any atom is 0.103 e. The molecule has 0 aromatic carbocycles. The second-order valence-electron chi connectivity index (χ2n) is 2.61. The van der Waals surface area contributed by atoms with Gasteiger partial charge in [0.15, 0.2) is 0 Å². The van der Waals surface area contributed by atoms with E-state index >= 15 is 0 Å². The van der Waals surface area contributed by atoms with Crippen LogP contribution in [0.15, 0.2) is 12.3 Å². The van der Waals surface area contributed by atoms with Crippen LogP contribution in [0, 0.1) is 6.10 Å². The third-order valence-electron chi connectivity index (χ3n) is 1.90. The molecule has 0 atom stereocenters. The molecule has 0 fully saturated rings. The van der Waals surface area contributed by atoms with Gasteiger partial charge in [-0.25, -0.2) is 0 Å². The van der Waals surface area contributed by atoms with E-state index in [4.69, 9.17) is 11.6 Å². The number of hydrogen-bond acceptors (Lipinski definition) is 2. The van der Waals surface area contributed by atoms with E-state index in [1.54, 1.807) is 12.3 Å². The van der Waals surface area contributed by atoms with Crippen molar-refractivity contribution in [2.75, 3.05) is 0 Å². The molecule has 1 aliphatic rings. The van der Waals surface area contributed by atoms with Crippen LogP contribution in [0.4, 0.5) is 0 Å². The number of fused-ring (bicyclic) bond motifs is 1. The first-order chi connectivity index (χ1) is 5.27. The Morgan fingerprint density at radius 2 is 2.33 bits per heavy atom. The fourth-order valence-corrected chi connectivity index (χ4v) is 1.50. The van der Waals surface area contributed by atoms with Crippen LogP contribution in [0.3, 0.4) is 0 Å². The first-order valence-corrected chi connectivity index (χ1v) is 3.85. The van der Waals surface area contributed by atoms with Crippen molar-refractivity contribution >= 4 is 11.6 Å². The monoisotopic (exact) mass is 271 g/mol. The summed E-state index contributed by atoms with van der Waals surface area (Å²) in [5.41, 5.74) is 1.96. The second-order valence-corrected chi connectivity index (χ2v) is 3.00. The average Bonchev–Trinajstić information content (AvgIpc) is 2.32. The van der Waals surface area contributed by atoms with E-state index in [1.165, 1.54) is 0 Å². The van der Waals surface area contributed by atoms with E-state index < -0.39 is 0 Å². The molecule has 1 N–H and O–H groups in total. The minimum Gasteiger partial charge on any atom is -0.426 e. The summed E-state index contributed by atoms with van der Waals surface area (Å²) in [7, 11) is 0. The van der Waals surface area contributed by atoms with Crippen molar-refractivity contribution in [2.45, 2.75) is 12.8 Å². The van der Waals surface area contributed by atoms with Crippen molar-refractivity contribution in [3.8, 4) is 0 Å². The summed E-state index contributed by atoms with van der Waals surface area (Å²) in [5, 5.41) is 9.80. The van der Waals surface area contributed by atoms with Gasteiger partial charge in [0.25, 0.3) is 0 Å². The molecule has 2 rings (SSSR count). The Bertz CT molecular complexity index is 292. The summed E-state index contributed by atoms with van der Waals surface area (Å²) >= 11 is 5.67. The molecule has 0 saturated carbocycles. The first kappa shape index (κ1) is 9.98. The molecule has 0 unspecified atom stereocenters. The van der Waals surface area contributed by atoms with E-state index in [1.807, 2.05) is 0 Å². The molecule has 0 amide bonds. The Balaban J connectivity index is 0.000000720. The van der Waals surface area contributed by atoms with Gasteiger partial charge >= 0.3 is 0 Å². The number of halogens is 1. The quantitative estimate of drug-likeness (QED) is 0.444. The standard InChI is InChI=1S/C8H7ClNO.Rh/c9-8-3-5-1-2-7(11)6(5)4-10-8;/h3-4,11H,1-2H2;/q-1;. The molecular weight excluding hydrogens is 264 g/mol. The van der Waals surface area contributed by atoms with Crippen LogP contribution in [0.5, 0.6) is 0 Å². The molecule has 0 spiro atoms. The van der Waals surface area contributed by atoms with E-state index in [9.17, 15) is 5.11 Å². The second kappa shape index (κ2) is 3.74. The number of aromatic nitrogens is 1. The number of hydrogen-bond donors (Lipinski definition) is 1. The van der Waals surface area contributed by atoms with Crippen LogP contribution >= 0.6 is 11.6 Å². The topological polar surface area (TPSA) is 33.1 Å². The Kier molecular flexibility index (Phi) is 3.11. The number of aliphatic hydroxyl groups excluding tert-OH is 1. The summed E-state index contributed by atoms with van der Waals surface area (Å²) in [4.78, 5) is 3.89. The third-order valence-corrected chi connectivity index (χ3v) is 2.11. The molecule has 12 heavy (non-hydrogen) atoms. The van der Waals surface area contributed by atoms with E-state index in [2.05, 4.69) is 4.98 Å². The molecule has 0 saturated heterocycles. The molecule has 1 aromatic heterocycles. The van der Waals surface area contributed by atoms with Crippen LogP contribution in [0.2, 0.25) is 5.15 Å². The molecular formula is C8H7ClNORh-. The average molecular weight is 272 g/mol. The van der Waals surface area contributed by atoms with Crippen molar-refractivity contribution in [3.05, 3.63) is 34.6 Å². The van der Waals surface area contributed by atoms with Gasteiger partial charge in [-0.3, -0.25) is 0 Å². The van der Waals surface area contributed by atoms with Gasteiger partial charge in [0, 0.05) is 19.5 Å². The van der Waals surface area contributed by atoms with E-state index in [0.717, 1.165) is 24.0 Å². The zero-order chi connectivity index (χ0) is 7.84. The number of aryl methyl sites for hydroxylation is 1. The molecule has 0 aliphatic heterocycles. The number of rotatable bonds is 0.